The summed E-state index contributed by atoms with van der Waals surface area (Å²) in [5.41, 5.74) is 0. The first-order chi connectivity index (χ1) is 9.09. The van der Waals surface area contributed by atoms with Crippen molar-refractivity contribution in [2.75, 3.05) is 6.61 Å². The molecule has 0 unspecified atom stereocenters. The van der Waals surface area contributed by atoms with Gasteiger partial charge in [0.2, 0.25) is 0 Å². The molecule has 100 valence electrons. The molecular formula is C10H11N5O4. The van der Waals surface area contributed by atoms with Gasteiger partial charge < -0.3 is 14.9 Å². The zero-order chi connectivity index (χ0) is 13.8. The molecule has 9 nitrogen and oxygen atoms in total. The van der Waals surface area contributed by atoms with Gasteiger partial charge in [0.15, 0.2) is 5.82 Å². The summed E-state index contributed by atoms with van der Waals surface area (Å²) in [6.45, 7) is 1.82. The van der Waals surface area contributed by atoms with Crippen LogP contribution in [-0.2, 0) is 11.3 Å². The summed E-state index contributed by atoms with van der Waals surface area (Å²) in [7, 11) is 0. The van der Waals surface area contributed by atoms with E-state index in [0.29, 0.717) is 5.82 Å². The van der Waals surface area contributed by atoms with Gasteiger partial charge >= 0.3 is 11.9 Å². The molecule has 0 aliphatic heterocycles. The number of ether oxygens (including phenoxy) is 1. The summed E-state index contributed by atoms with van der Waals surface area (Å²) >= 11 is 0. The normalized spacial score (nSPS) is 10.4. The first-order valence-corrected chi connectivity index (χ1v) is 5.41. The fraction of sp³-hybridized carbons (Fsp3) is 0.300. The number of hydrogen-bond acceptors (Lipinski definition) is 6. The first kappa shape index (κ1) is 12.7. The highest BCUT2D eigenvalue weighted by atomic mass is 16.6. The van der Waals surface area contributed by atoms with Gasteiger partial charge in [0.1, 0.15) is 25.7 Å². The summed E-state index contributed by atoms with van der Waals surface area (Å²) in [5.74, 6) is 0.363. The smallest absolute Gasteiger partial charge is 0.419 e. The lowest BCUT2D eigenvalue weighted by molar-refractivity contribution is -0.392. The molecule has 0 N–H and O–H groups in total. The minimum Gasteiger partial charge on any atom is -0.445 e. The summed E-state index contributed by atoms with van der Waals surface area (Å²) < 4.78 is 7.51. The fourth-order valence-corrected chi connectivity index (χ4v) is 1.54. The van der Waals surface area contributed by atoms with Crippen molar-refractivity contribution in [3.63, 3.8) is 0 Å². The summed E-state index contributed by atoms with van der Waals surface area (Å²) in [6.07, 6.45) is 4.80. The highest BCUT2D eigenvalue weighted by Gasteiger charge is 2.17. The molecule has 0 saturated heterocycles. The molecule has 0 aliphatic rings. The molecule has 0 atom stereocenters. The number of aromatic nitrogens is 4. The maximum Gasteiger partial charge on any atom is 0.419 e. The Bertz CT molecular complexity index is 589. The van der Waals surface area contributed by atoms with Crippen LogP contribution in [0.1, 0.15) is 5.82 Å². The SMILES string of the molecule is Cc1ncc([N+](=O)[O-])n1CCOC(=O)n1ccnc1. The van der Waals surface area contributed by atoms with E-state index in [2.05, 4.69) is 9.97 Å². The number of rotatable bonds is 4. The molecular weight excluding hydrogens is 254 g/mol. The van der Waals surface area contributed by atoms with Gasteiger partial charge in [-0.25, -0.2) is 23.9 Å². The summed E-state index contributed by atoms with van der Waals surface area (Å²) in [4.78, 5) is 29.3. The largest absolute Gasteiger partial charge is 0.445 e. The van der Waals surface area contributed by atoms with Crippen LogP contribution in [0.25, 0.3) is 0 Å². The van der Waals surface area contributed by atoms with Gasteiger partial charge in [-0.05, 0) is 4.92 Å². The summed E-state index contributed by atoms with van der Waals surface area (Å²) in [6, 6.07) is 0. The zero-order valence-corrected chi connectivity index (χ0v) is 10.1. The predicted molar refractivity (Wildman–Crippen MR) is 62.6 cm³/mol. The molecule has 0 bridgehead atoms. The maximum absolute atomic E-state index is 11.5. The fourth-order valence-electron chi connectivity index (χ4n) is 1.54. The van der Waals surface area contributed by atoms with E-state index in [-0.39, 0.29) is 19.0 Å². The van der Waals surface area contributed by atoms with Crippen molar-refractivity contribution in [2.24, 2.45) is 0 Å². The highest BCUT2D eigenvalue weighted by molar-refractivity contribution is 5.69. The van der Waals surface area contributed by atoms with Crippen molar-refractivity contribution >= 4 is 11.9 Å². The molecule has 2 aromatic heterocycles. The van der Waals surface area contributed by atoms with Gasteiger partial charge in [-0.15, -0.1) is 0 Å². The number of hydrogen-bond donors (Lipinski definition) is 0. The standard InChI is InChI=1S/C10H11N5O4/c1-8-12-6-9(15(17)18)14(8)4-5-19-10(16)13-3-2-11-7-13/h2-3,6-7H,4-5H2,1H3. The van der Waals surface area contributed by atoms with Gasteiger partial charge in [0.25, 0.3) is 0 Å². The molecule has 19 heavy (non-hydrogen) atoms. The maximum atomic E-state index is 11.5. The third-order valence-electron chi connectivity index (χ3n) is 2.48. The number of carbonyl (C=O) groups excluding carboxylic acids is 1. The molecule has 2 rings (SSSR count). The lowest BCUT2D eigenvalue weighted by Crippen LogP contribution is -2.16. The monoisotopic (exact) mass is 265 g/mol. The lowest BCUT2D eigenvalue weighted by Gasteiger charge is -2.05. The van der Waals surface area contributed by atoms with Crippen LogP contribution in [0.3, 0.4) is 0 Å². The van der Waals surface area contributed by atoms with Gasteiger partial charge in [0.05, 0.1) is 0 Å². The molecule has 0 aromatic carbocycles. The Morgan fingerprint density at radius 3 is 3.00 bits per heavy atom. The predicted octanol–water partition coefficient (Wildman–Crippen LogP) is 0.981. The second kappa shape index (κ2) is 5.29. The van der Waals surface area contributed by atoms with E-state index in [1.165, 1.54) is 34.1 Å². The number of carbonyl (C=O) groups is 1. The zero-order valence-electron chi connectivity index (χ0n) is 10.1. The van der Waals surface area contributed by atoms with Crippen LogP contribution in [0.15, 0.2) is 24.9 Å². The van der Waals surface area contributed by atoms with E-state index >= 15 is 0 Å². The molecule has 0 radical (unpaired) electrons. The lowest BCUT2D eigenvalue weighted by atomic mass is 10.6. The Morgan fingerprint density at radius 1 is 1.58 bits per heavy atom. The Labute approximate surface area is 107 Å². The van der Waals surface area contributed by atoms with E-state index < -0.39 is 11.0 Å². The van der Waals surface area contributed by atoms with Crippen molar-refractivity contribution in [1.29, 1.82) is 0 Å². The second-order valence-corrected chi connectivity index (χ2v) is 3.66. The van der Waals surface area contributed by atoms with Crippen molar-refractivity contribution in [3.8, 4) is 0 Å². The van der Waals surface area contributed by atoms with Gasteiger partial charge in [-0.2, -0.15) is 0 Å². The van der Waals surface area contributed by atoms with E-state index in [9.17, 15) is 14.9 Å². The molecule has 2 heterocycles. The van der Waals surface area contributed by atoms with Crippen LogP contribution in [0.2, 0.25) is 0 Å². The van der Waals surface area contributed by atoms with Gasteiger partial charge in [-0.3, -0.25) is 0 Å². The second-order valence-electron chi connectivity index (χ2n) is 3.66. The molecule has 0 fully saturated rings. The minimum atomic E-state index is -0.585. The Balaban J connectivity index is 1.95. The highest BCUT2D eigenvalue weighted by Crippen LogP contribution is 2.13. The minimum absolute atomic E-state index is 0.00898. The average Bonchev–Trinajstić information content (AvgIpc) is 2.99. The van der Waals surface area contributed by atoms with E-state index in [1.807, 2.05) is 0 Å². The molecule has 2 aromatic rings. The Morgan fingerprint density at radius 2 is 2.37 bits per heavy atom. The van der Waals surface area contributed by atoms with Crippen molar-refractivity contribution in [2.45, 2.75) is 13.5 Å². The molecule has 0 aliphatic carbocycles. The van der Waals surface area contributed by atoms with E-state index in [1.54, 1.807) is 6.92 Å². The quantitative estimate of drug-likeness (QED) is 0.602. The molecule has 0 spiro atoms. The van der Waals surface area contributed by atoms with Crippen LogP contribution in [0.5, 0.6) is 0 Å². The van der Waals surface area contributed by atoms with Gasteiger partial charge in [0, 0.05) is 19.3 Å². The first-order valence-electron chi connectivity index (χ1n) is 5.41. The van der Waals surface area contributed by atoms with Crippen LogP contribution in [0.4, 0.5) is 10.6 Å². The van der Waals surface area contributed by atoms with Crippen molar-refractivity contribution in [3.05, 3.63) is 40.9 Å². The van der Waals surface area contributed by atoms with Crippen LogP contribution in [-0.4, -0.2) is 36.7 Å². The summed E-state index contributed by atoms with van der Waals surface area (Å²) in [5, 5.41) is 10.7. The average molecular weight is 265 g/mol. The number of nitrogens with zero attached hydrogens (tertiary/aromatic N) is 5. The number of aryl methyl sites for hydroxylation is 1. The Hall–Kier alpha value is -2.71. The number of imidazole rings is 2. The van der Waals surface area contributed by atoms with Gasteiger partial charge in [-0.1, -0.05) is 0 Å². The van der Waals surface area contributed by atoms with Crippen LogP contribution in [0, 0.1) is 17.0 Å². The van der Waals surface area contributed by atoms with E-state index in [0.717, 1.165) is 0 Å². The van der Waals surface area contributed by atoms with E-state index in [4.69, 9.17) is 4.74 Å². The van der Waals surface area contributed by atoms with Crippen LogP contribution >= 0.6 is 0 Å². The number of nitro groups is 1. The molecule has 9 heteroatoms. The third-order valence-corrected chi connectivity index (χ3v) is 2.48. The Kier molecular flexibility index (Phi) is 3.55. The van der Waals surface area contributed by atoms with Crippen LogP contribution < -0.4 is 0 Å². The molecule has 0 saturated carbocycles. The third kappa shape index (κ3) is 2.76. The van der Waals surface area contributed by atoms with Crippen molar-refractivity contribution in [1.82, 2.24) is 19.1 Å². The molecule has 0 amide bonds. The topological polar surface area (TPSA) is 105 Å². The van der Waals surface area contributed by atoms with Crippen molar-refractivity contribution < 1.29 is 14.5 Å².